The van der Waals surface area contributed by atoms with Crippen LogP contribution >= 0.6 is 0 Å². The summed E-state index contributed by atoms with van der Waals surface area (Å²) in [5, 5.41) is 4.45. The van der Waals surface area contributed by atoms with E-state index in [1.807, 2.05) is 30.3 Å². The molecule has 57 heavy (non-hydrogen) atoms. The maximum absolute atomic E-state index is 6.61. The third-order valence-electron chi connectivity index (χ3n) is 11.6. The predicted molar refractivity (Wildman–Crippen MR) is 231 cm³/mol. The van der Waals surface area contributed by atoms with E-state index in [0.29, 0.717) is 17.6 Å². The molecule has 266 valence electrons. The van der Waals surface area contributed by atoms with E-state index in [0.717, 1.165) is 54.9 Å². The summed E-state index contributed by atoms with van der Waals surface area (Å²) < 4.78 is 8.77. The Morgan fingerprint density at radius 1 is 0.386 bits per heavy atom. The SMILES string of the molecule is c1ccc(-c2ccc3c(c2)-c2ccccc2C3c2cccc3oc4ccc(-c5nc(-c6ccccc6)nc(-n6c7ccccc7c7ccccc76)n5)cc4c23)cc1. The van der Waals surface area contributed by atoms with Crippen molar-refractivity contribution in [1.29, 1.82) is 0 Å². The highest BCUT2D eigenvalue weighted by molar-refractivity contribution is 6.10. The zero-order valence-electron chi connectivity index (χ0n) is 30.7. The number of hydrogen-bond acceptors (Lipinski definition) is 4. The second-order valence-corrected chi connectivity index (χ2v) is 14.7. The molecule has 0 saturated carbocycles. The van der Waals surface area contributed by atoms with Crippen molar-refractivity contribution in [3.63, 3.8) is 0 Å². The average molecular weight is 729 g/mol. The number of rotatable bonds is 5. The van der Waals surface area contributed by atoms with Crippen molar-refractivity contribution in [3.05, 3.63) is 205 Å². The fourth-order valence-electron chi connectivity index (χ4n) is 9.03. The number of furan rings is 1. The van der Waals surface area contributed by atoms with Crippen molar-refractivity contribution in [2.24, 2.45) is 0 Å². The van der Waals surface area contributed by atoms with Crippen molar-refractivity contribution in [1.82, 2.24) is 19.5 Å². The Morgan fingerprint density at radius 3 is 1.77 bits per heavy atom. The van der Waals surface area contributed by atoms with Crippen LogP contribution in [0.5, 0.6) is 0 Å². The van der Waals surface area contributed by atoms with E-state index >= 15 is 0 Å². The molecule has 0 spiro atoms. The van der Waals surface area contributed by atoms with Crippen LogP contribution in [0.2, 0.25) is 0 Å². The van der Waals surface area contributed by atoms with Gasteiger partial charge in [0.15, 0.2) is 11.6 Å². The maximum Gasteiger partial charge on any atom is 0.238 e. The monoisotopic (exact) mass is 728 g/mol. The van der Waals surface area contributed by atoms with Crippen LogP contribution in [0.1, 0.15) is 22.6 Å². The van der Waals surface area contributed by atoms with Gasteiger partial charge in [-0.3, -0.25) is 4.57 Å². The van der Waals surface area contributed by atoms with Gasteiger partial charge in [0.05, 0.1) is 11.0 Å². The summed E-state index contributed by atoms with van der Waals surface area (Å²) in [5.41, 5.74) is 14.4. The van der Waals surface area contributed by atoms with Gasteiger partial charge in [-0.25, -0.2) is 4.98 Å². The minimum Gasteiger partial charge on any atom is -0.456 e. The molecular weight excluding hydrogens is 697 g/mol. The molecule has 5 heteroatoms. The van der Waals surface area contributed by atoms with Crippen LogP contribution in [0, 0.1) is 0 Å². The van der Waals surface area contributed by atoms with E-state index < -0.39 is 0 Å². The van der Waals surface area contributed by atoms with Crippen molar-refractivity contribution < 1.29 is 4.42 Å². The number of benzene rings is 8. The molecule has 3 heterocycles. The van der Waals surface area contributed by atoms with Gasteiger partial charge in [0.25, 0.3) is 0 Å². The largest absolute Gasteiger partial charge is 0.456 e. The summed E-state index contributed by atoms with van der Waals surface area (Å²) in [5.74, 6) is 1.82. The van der Waals surface area contributed by atoms with Crippen molar-refractivity contribution >= 4 is 43.7 Å². The normalized spacial score (nSPS) is 13.4. The van der Waals surface area contributed by atoms with Crippen LogP contribution in [-0.4, -0.2) is 19.5 Å². The topological polar surface area (TPSA) is 56.7 Å². The standard InChI is InChI=1S/C52H32N4O/c1-3-14-32(15-4-1)34-26-28-40-42(30-34)36-18-7-8-21-39(36)48(40)41-22-13-25-47-49(41)43-31-35(27-29-46(43)57-47)51-53-50(33-16-5-2-6-17-33)54-52(55-51)56-44-23-11-9-19-37(44)38-20-10-12-24-45(38)56/h1-31,48H. The van der Waals surface area contributed by atoms with Crippen LogP contribution in [0.3, 0.4) is 0 Å². The number of para-hydroxylation sites is 2. The molecule has 1 aliphatic carbocycles. The van der Waals surface area contributed by atoms with Gasteiger partial charge in [-0.05, 0) is 81.4 Å². The Morgan fingerprint density at radius 2 is 1.00 bits per heavy atom. The Bertz CT molecular complexity index is 3310. The first-order valence-electron chi connectivity index (χ1n) is 19.3. The second kappa shape index (κ2) is 12.4. The van der Waals surface area contributed by atoms with Crippen molar-refractivity contribution in [3.8, 4) is 51.0 Å². The second-order valence-electron chi connectivity index (χ2n) is 14.7. The van der Waals surface area contributed by atoms with E-state index in [-0.39, 0.29) is 5.92 Å². The van der Waals surface area contributed by atoms with Gasteiger partial charge < -0.3 is 4.42 Å². The lowest BCUT2D eigenvalue weighted by Gasteiger charge is -2.16. The zero-order valence-corrected chi connectivity index (χ0v) is 30.7. The summed E-state index contributed by atoms with van der Waals surface area (Å²) in [7, 11) is 0. The average Bonchev–Trinajstić information content (AvgIpc) is 3.94. The molecule has 12 rings (SSSR count). The van der Waals surface area contributed by atoms with Crippen LogP contribution in [0.25, 0.3) is 94.7 Å². The lowest BCUT2D eigenvalue weighted by molar-refractivity contribution is 0.668. The van der Waals surface area contributed by atoms with E-state index in [4.69, 9.17) is 19.4 Å². The molecule has 0 aliphatic heterocycles. The lowest BCUT2D eigenvalue weighted by Crippen LogP contribution is -2.06. The quantitative estimate of drug-likeness (QED) is 0.177. The molecule has 0 amide bonds. The molecule has 5 nitrogen and oxygen atoms in total. The van der Waals surface area contributed by atoms with Gasteiger partial charge in [0.1, 0.15) is 11.2 Å². The number of nitrogens with zero attached hydrogens (tertiary/aromatic N) is 4. The Kier molecular flexibility index (Phi) is 6.92. The molecule has 3 aromatic heterocycles. The van der Waals surface area contributed by atoms with Crippen molar-refractivity contribution in [2.75, 3.05) is 0 Å². The summed E-state index contributed by atoms with van der Waals surface area (Å²) in [4.78, 5) is 15.5. The first kappa shape index (κ1) is 31.7. The van der Waals surface area contributed by atoms with Crippen LogP contribution < -0.4 is 0 Å². The molecule has 0 saturated heterocycles. The first-order valence-corrected chi connectivity index (χ1v) is 19.3. The Hall–Kier alpha value is -7.63. The van der Waals surface area contributed by atoms with Crippen LogP contribution in [0.15, 0.2) is 192 Å². The van der Waals surface area contributed by atoms with Gasteiger partial charge in [-0.2, -0.15) is 9.97 Å². The molecule has 1 atom stereocenters. The number of hydrogen-bond donors (Lipinski definition) is 0. The van der Waals surface area contributed by atoms with E-state index in [2.05, 4.69) is 162 Å². The molecule has 1 unspecified atom stereocenters. The summed E-state index contributed by atoms with van der Waals surface area (Å²) in [6, 6.07) is 66.2. The molecule has 11 aromatic rings. The van der Waals surface area contributed by atoms with E-state index in [9.17, 15) is 0 Å². The zero-order chi connectivity index (χ0) is 37.5. The summed E-state index contributed by atoms with van der Waals surface area (Å²) >= 11 is 0. The van der Waals surface area contributed by atoms with Gasteiger partial charge in [-0.15, -0.1) is 0 Å². The fraction of sp³-hybridized carbons (Fsp3) is 0.0192. The molecule has 8 aromatic carbocycles. The minimum atomic E-state index is 0.0398. The number of fused-ring (bicyclic) bond motifs is 9. The third-order valence-corrected chi connectivity index (χ3v) is 11.6. The molecule has 0 fully saturated rings. The van der Waals surface area contributed by atoms with Gasteiger partial charge >= 0.3 is 0 Å². The Balaban J connectivity index is 1.06. The lowest BCUT2D eigenvalue weighted by atomic mass is 9.86. The van der Waals surface area contributed by atoms with Crippen LogP contribution in [0.4, 0.5) is 0 Å². The highest BCUT2D eigenvalue weighted by Crippen LogP contribution is 2.51. The molecule has 0 N–H and O–H groups in total. The fourth-order valence-corrected chi connectivity index (χ4v) is 9.03. The summed E-state index contributed by atoms with van der Waals surface area (Å²) in [6.45, 7) is 0. The highest BCUT2D eigenvalue weighted by Gasteiger charge is 2.32. The van der Waals surface area contributed by atoms with E-state index in [1.165, 1.54) is 38.9 Å². The highest BCUT2D eigenvalue weighted by atomic mass is 16.3. The Labute approximate surface area is 328 Å². The molecule has 0 radical (unpaired) electrons. The smallest absolute Gasteiger partial charge is 0.238 e. The first-order chi connectivity index (χ1) is 28.3. The van der Waals surface area contributed by atoms with Crippen molar-refractivity contribution in [2.45, 2.75) is 5.92 Å². The summed E-state index contributed by atoms with van der Waals surface area (Å²) in [6.07, 6.45) is 0. The molecule has 0 bridgehead atoms. The number of aromatic nitrogens is 4. The molecule has 1 aliphatic rings. The minimum absolute atomic E-state index is 0.0398. The maximum atomic E-state index is 6.61. The van der Waals surface area contributed by atoms with E-state index in [1.54, 1.807) is 0 Å². The van der Waals surface area contributed by atoms with Gasteiger partial charge in [-0.1, -0.05) is 146 Å². The molecular formula is C52H32N4O. The predicted octanol–water partition coefficient (Wildman–Crippen LogP) is 13.0. The van der Waals surface area contributed by atoms with Crippen LogP contribution in [-0.2, 0) is 0 Å². The third kappa shape index (κ3) is 4.92. The van der Waals surface area contributed by atoms with Gasteiger partial charge in [0.2, 0.25) is 5.95 Å². The van der Waals surface area contributed by atoms with Gasteiger partial charge in [0, 0.05) is 38.6 Å².